The van der Waals surface area contributed by atoms with Gasteiger partial charge in [-0.2, -0.15) is 0 Å². The number of fused-ring (bicyclic) bond motifs is 7. The lowest BCUT2D eigenvalue weighted by atomic mass is 9.46. The fourth-order valence-corrected chi connectivity index (χ4v) is 10.5. The van der Waals surface area contributed by atoms with Gasteiger partial charge in [0.1, 0.15) is 0 Å². The predicted octanol–water partition coefficient (Wildman–Crippen LogP) is 13.5. The van der Waals surface area contributed by atoms with E-state index in [4.69, 9.17) is 0 Å². The third-order valence-corrected chi connectivity index (χ3v) is 13.2. The van der Waals surface area contributed by atoms with E-state index in [1.807, 2.05) is 0 Å². The third kappa shape index (κ3) is 5.09. The number of anilines is 3. The summed E-state index contributed by atoms with van der Waals surface area (Å²) in [6.45, 7) is 4.65. The van der Waals surface area contributed by atoms with Crippen molar-refractivity contribution in [3.63, 3.8) is 0 Å². The van der Waals surface area contributed by atoms with Gasteiger partial charge in [0.05, 0.1) is 5.69 Å². The van der Waals surface area contributed by atoms with Crippen molar-refractivity contribution in [2.75, 3.05) is 4.90 Å². The molecule has 2 aliphatic heterocycles. The summed E-state index contributed by atoms with van der Waals surface area (Å²) in [6.07, 6.45) is 0. The minimum absolute atomic E-state index is 0.136. The first-order valence-corrected chi connectivity index (χ1v) is 21.1. The summed E-state index contributed by atoms with van der Waals surface area (Å²) in [6, 6.07) is 78.8. The Kier molecular flexibility index (Phi) is 7.71. The van der Waals surface area contributed by atoms with E-state index < -0.39 is 0 Å². The van der Waals surface area contributed by atoms with Crippen LogP contribution in [0.2, 0.25) is 0 Å². The number of nitrogens with zero attached hydrogens (tertiary/aromatic N) is 2. The van der Waals surface area contributed by atoms with Crippen molar-refractivity contribution in [1.82, 2.24) is 4.48 Å². The minimum Gasteiger partial charge on any atom is -0.375 e. The van der Waals surface area contributed by atoms with Gasteiger partial charge in [-0.3, -0.25) is 0 Å². The molecule has 10 aromatic rings. The molecule has 0 fully saturated rings. The molecule has 0 amide bonds. The predicted molar refractivity (Wildman–Crippen MR) is 255 cm³/mol. The highest BCUT2D eigenvalue weighted by Crippen LogP contribution is 2.53. The van der Waals surface area contributed by atoms with Crippen LogP contribution in [0, 0.1) is 0 Å². The van der Waals surface area contributed by atoms with Gasteiger partial charge >= 0.3 is 6.85 Å². The molecule has 0 unspecified atom stereocenters. The average Bonchev–Trinajstić information content (AvgIpc) is 3.64. The molecule has 0 saturated carbocycles. The Morgan fingerprint density at radius 3 is 1.35 bits per heavy atom. The van der Waals surface area contributed by atoms with E-state index in [2.05, 4.69) is 236 Å². The maximum Gasteiger partial charge on any atom is 0.332 e. The molecule has 3 heteroatoms. The van der Waals surface area contributed by atoms with Gasteiger partial charge in [-0.05, 0) is 91.8 Å². The van der Waals surface area contributed by atoms with Crippen molar-refractivity contribution in [1.29, 1.82) is 0 Å². The van der Waals surface area contributed by atoms with Gasteiger partial charge in [-0.15, -0.1) is 0 Å². The summed E-state index contributed by atoms with van der Waals surface area (Å²) in [5, 5.41) is 2.49. The Hall–Kier alpha value is -7.36. The lowest BCUT2D eigenvalue weighted by molar-refractivity contribution is 0.632. The standard InChI is InChI=1S/C57H41BN2/c1-57(2)48-28-15-17-32-52(48)59-53-33-18-16-30-50(53)58(51-31-19-29-49(57)56(51)59)60-54-44(40-24-11-5-12-25-40)34-42(38-20-7-3-8-21-38)36-46(54)47-37-43(39-22-9-4-10-23-39)35-45(55(47)60)41-26-13-6-14-27-41/h3-37H,1-2H3. The molecule has 2 nitrogen and oxygen atoms in total. The molecule has 0 radical (unpaired) electrons. The van der Waals surface area contributed by atoms with Crippen LogP contribution in [0.1, 0.15) is 25.0 Å². The zero-order valence-electron chi connectivity index (χ0n) is 33.7. The van der Waals surface area contributed by atoms with Gasteiger partial charge in [-0.25, -0.2) is 0 Å². The second-order valence-corrected chi connectivity index (χ2v) is 16.9. The summed E-state index contributed by atoms with van der Waals surface area (Å²) >= 11 is 0. The van der Waals surface area contributed by atoms with Crippen LogP contribution in [0.4, 0.5) is 17.1 Å². The van der Waals surface area contributed by atoms with E-state index in [0.29, 0.717) is 0 Å². The minimum atomic E-state index is -0.199. The Morgan fingerprint density at radius 2 is 0.800 bits per heavy atom. The molecule has 0 atom stereocenters. The van der Waals surface area contributed by atoms with Crippen LogP contribution in [0.5, 0.6) is 0 Å². The van der Waals surface area contributed by atoms with E-state index >= 15 is 0 Å². The highest BCUT2D eigenvalue weighted by molar-refractivity contribution is 6.88. The van der Waals surface area contributed by atoms with E-state index in [-0.39, 0.29) is 12.3 Å². The second-order valence-electron chi connectivity index (χ2n) is 16.9. The first kappa shape index (κ1) is 34.7. The van der Waals surface area contributed by atoms with Gasteiger partial charge in [0.25, 0.3) is 0 Å². The molecule has 0 spiro atoms. The van der Waals surface area contributed by atoms with Crippen molar-refractivity contribution >= 4 is 56.6 Å². The zero-order valence-corrected chi connectivity index (χ0v) is 33.7. The fraction of sp³-hybridized carbons (Fsp3) is 0.0526. The Morgan fingerprint density at radius 1 is 0.367 bits per heavy atom. The SMILES string of the molecule is CC1(C)c2ccccc2N2c3ccccc3B(n3c4c(-c5ccccc5)cc(-c5ccccc5)cc4c4cc(-c5ccccc5)cc(-c5ccccc5)c43)c3cccc1c32. The van der Waals surface area contributed by atoms with Gasteiger partial charge < -0.3 is 9.38 Å². The number of aromatic nitrogens is 1. The van der Waals surface area contributed by atoms with Crippen LogP contribution >= 0.6 is 0 Å². The molecule has 0 bridgehead atoms. The van der Waals surface area contributed by atoms with Crippen LogP contribution in [-0.4, -0.2) is 11.3 Å². The monoisotopic (exact) mass is 764 g/mol. The van der Waals surface area contributed by atoms with E-state index in [0.717, 1.165) is 0 Å². The van der Waals surface area contributed by atoms with Gasteiger partial charge in [0.2, 0.25) is 0 Å². The molecule has 9 aromatic carbocycles. The molecule has 12 rings (SSSR count). The topological polar surface area (TPSA) is 8.17 Å². The highest BCUT2D eigenvalue weighted by atomic mass is 15.2. The van der Waals surface area contributed by atoms with E-state index in [1.54, 1.807) is 0 Å². The fourth-order valence-electron chi connectivity index (χ4n) is 10.5. The normalized spacial score (nSPS) is 13.6. The molecule has 0 N–H and O–H groups in total. The van der Waals surface area contributed by atoms with Crippen molar-refractivity contribution in [2.45, 2.75) is 19.3 Å². The highest BCUT2D eigenvalue weighted by Gasteiger charge is 2.45. The molecule has 1 aromatic heterocycles. The van der Waals surface area contributed by atoms with Crippen LogP contribution in [0.3, 0.4) is 0 Å². The number of hydrogen-bond acceptors (Lipinski definition) is 1. The quantitative estimate of drug-likeness (QED) is 0.159. The van der Waals surface area contributed by atoms with Crippen LogP contribution in [0.15, 0.2) is 212 Å². The van der Waals surface area contributed by atoms with E-state index in [1.165, 1.54) is 105 Å². The summed E-state index contributed by atoms with van der Waals surface area (Å²) in [5.74, 6) is 0. The molecule has 0 saturated heterocycles. The summed E-state index contributed by atoms with van der Waals surface area (Å²) < 4.78 is 2.73. The summed E-state index contributed by atoms with van der Waals surface area (Å²) in [7, 11) is 0. The number of rotatable bonds is 5. The lowest BCUT2D eigenvalue weighted by Crippen LogP contribution is -2.56. The smallest absolute Gasteiger partial charge is 0.332 e. The maximum atomic E-state index is 2.73. The Balaban J connectivity index is 1.30. The maximum absolute atomic E-state index is 2.73. The van der Waals surface area contributed by atoms with E-state index in [9.17, 15) is 0 Å². The molecular formula is C57H41BN2. The molecule has 3 heterocycles. The van der Waals surface area contributed by atoms with Crippen molar-refractivity contribution in [3.8, 4) is 44.5 Å². The molecule has 282 valence electrons. The molecule has 2 aliphatic rings. The van der Waals surface area contributed by atoms with Crippen LogP contribution in [0.25, 0.3) is 66.3 Å². The Labute approximate surface area is 351 Å². The average molecular weight is 765 g/mol. The molecule has 60 heavy (non-hydrogen) atoms. The number of para-hydroxylation sites is 3. The lowest BCUT2D eigenvalue weighted by Gasteiger charge is -2.47. The van der Waals surface area contributed by atoms with Gasteiger partial charge in [0, 0.05) is 49.7 Å². The summed E-state index contributed by atoms with van der Waals surface area (Å²) in [5.41, 5.74) is 21.0. The van der Waals surface area contributed by atoms with Crippen molar-refractivity contribution in [3.05, 3.63) is 223 Å². The van der Waals surface area contributed by atoms with Crippen molar-refractivity contribution in [2.24, 2.45) is 0 Å². The van der Waals surface area contributed by atoms with Crippen molar-refractivity contribution < 1.29 is 0 Å². The molecular weight excluding hydrogens is 723 g/mol. The van der Waals surface area contributed by atoms with Gasteiger partial charge in [0.15, 0.2) is 0 Å². The number of benzene rings is 9. The van der Waals surface area contributed by atoms with Crippen LogP contribution < -0.4 is 15.8 Å². The first-order chi connectivity index (χ1) is 29.6. The summed E-state index contributed by atoms with van der Waals surface area (Å²) in [4.78, 5) is 2.56. The van der Waals surface area contributed by atoms with Gasteiger partial charge in [-0.1, -0.05) is 190 Å². The Bertz CT molecular complexity index is 3140. The number of hydrogen-bond donors (Lipinski definition) is 0. The third-order valence-electron chi connectivity index (χ3n) is 13.2. The largest absolute Gasteiger partial charge is 0.375 e. The van der Waals surface area contributed by atoms with Crippen LogP contribution in [-0.2, 0) is 5.41 Å². The second kappa shape index (κ2) is 13.3. The molecule has 0 aliphatic carbocycles. The first-order valence-electron chi connectivity index (χ1n) is 21.1. The zero-order chi connectivity index (χ0) is 40.0.